The molecule has 0 atom stereocenters. The van der Waals surface area contributed by atoms with Crippen molar-refractivity contribution in [1.82, 2.24) is 0 Å². The van der Waals surface area contributed by atoms with Gasteiger partial charge in [-0.1, -0.05) is 6.07 Å². The van der Waals surface area contributed by atoms with E-state index in [2.05, 4.69) is 49.3 Å². The summed E-state index contributed by atoms with van der Waals surface area (Å²) in [4.78, 5) is 6.74. The molecule has 0 saturated carbocycles. The van der Waals surface area contributed by atoms with E-state index in [-0.39, 0.29) is 0 Å². The van der Waals surface area contributed by atoms with Gasteiger partial charge < -0.3 is 10.2 Å². The number of benzene rings is 1. The van der Waals surface area contributed by atoms with Gasteiger partial charge in [-0.15, -0.1) is 0 Å². The Morgan fingerprint density at radius 2 is 2.36 bits per heavy atom. The van der Waals surface area contributed by atoms with E-state index < -0.39 is 0 Å². The Labute approximate surface area is 91.0 Å². The van der Waals surface area contributed by atoms with Crippen LogP contribution in [0.2, 0.25) is 0 Å². The molecular weight excluding hydrogens is 242 g/mol. The van der Waals surface area contributed by atoms with Crippen LogP contribution in [-0.2, 0) is 0 Å². The summed E-state index contributed by atoms with van der Waals surface area (Å²) in [6.07, 6.45) is 0. The van der Waals surface area contributed by atoms with Crippen LogP contribution in [0, 0.1) is 0 Å². The quantitative estimate of drug-likeness (QED) is 0.765. The van der Waals surface area contributed by atoms with Gasteiger partial charge in [0, 0.05) is 11.0 Å². The zero-order valence-electron chi connectivity index (χ0n) is 7.63. The third kappa shape index (κ3) is 1.07. The van der Waals surface area contributed by atoms with Crippen LogP contribution in [0.15, 0.2) is 27.7 Å². The molecule has 1 aromatic rings. The highest BCUT2D eigenvalue weighted by Gasteiger charge is 2.25. The average Bonchev–Trinajstić information content (AvgIpc) is 2.66. The summed E-state index contributed by atoms with van der Waals surface area (Å²) in [7, 11) is 0. The largest absolute Gasteiger partial charge is 0.375 e. The zero-order valence-corrected chi connectivity index (χ0v) is 9.21. The van der Waals surface area contributed by atoms with Crippen LogP contribution in [0.4, 0.5) is 11.4 Å². The highest BCUT2D eigenvalue weighted by atomic mass is 79.9. The van der Waals surface area contributed by atoms with E-state index >= 15 is 0 Å². The summed E-state index contributed by atoms with van der Waals surface area (Å²) in [5.74, 6) is 1.16. The summed E-state index contributed by atoms with van der Waals surface area (Å²) in [5, 5.41) is 3.38. The number of fused-ring (bicyclic) bond motifs is 3. The van der Waals surface area contributed by atoms with E-state index in [4.69, 9.17) is 0 Å². The lowest BCUT2D eigenvalue weighted by Crippen LogP contribution is -2.37. The monoisotopic (exact) mass is 251 g/mol. The van der Waals surface area contributed by atoms with Gasteiger partial charge in [0.05, 0.1) is 24.5 Å². The lowest BCUT2D eigenvalue weighted by atomic mass is 10.2. The fourth-order valence-electron chi connectivity index (χ4n) is 1.98. The van der Waals surface area contributed by atoms with Gasteiger partial charge in [0.15, 0.2) is 0 Å². The highest BCUT2D eigenvalue weighted by molar-refractivity contribution is 9.10. The standard InChI is InChI=1S/C10H10BrN3/c11-7-2-1-3-8-10(7)13-6-9-12-4-5-14(8)9/h1-3,13H,4-6H2. The van der Waals surface area contributed by atoms with Gasteiger partial charge in [0.2, 0.25) is 0 Å². The minimum absolute atomic E-state index is 0.843. The Balaban J connectivity index is 2.15. The topological polar surface area (TPSA) is 27.6 Å². The van der Waals surface area contributed by atoms with Crippen molar-refractivity contribution in [2.45, 2.75) is 0 Å². The number of hydrogen-bond acceptors (Lipinski definition) is 3. The van der Waals surface area contributed by atoms with Gasteiger partial charge >= 0.3 is 0 Å². The van der Waals surface area contributed by atoms with Crippen molar-refractivity contribution < 1.29 is 0 Å². The summed E-state index contributed by atoms with van der Waals surface area (Å²) in [6.45, 7) is 2.78. The smallest absolute Gasteiger partial charge is 0.123 e. The highest BCUT2D eigenvalue weighted by Crippen LogP contribution is 2.36. The predicted molar refractivity (Wildman–Crippen MR) is 62.3 cm³/mol. The predicted octanol–water partition coefficient (Wildman–Crippen LogP) is 2.09. The number of anilines is 2. The van der Waals surface area contributed by atoms with Gasteiger partial charge in [-0.2, -0.15) is 0 Å². The average molecular weight is 252 g/mol. The molecule has 0 unspecified atom stereocenters. The molecule has 2 heterocycles. The molecule has 3 rings (SSSR count). The molecule has 0 amide bonds. The van der Waals surface area contributed by atoms with Crippen molar-refractivity contribution in [3.8, 4) is 0 Å². The van der Waals surface area contributed by atoms with Crippen molar-refractivity contribution >= 4 is 33.1 Å². The maximum Gasteiger partial charge on any atom is 0.123 e. The lowest BCUT2D eigenvalue weighted by molar-refractivity contribution is 1.01. The summed E-state index contributed by atoms with van der Waals surface area (Å²) in [5.41, 5.74) is 2.43. The Morgan fingerprint density at radius 3 is 3.29 bits per heavy atom. The van der Waals surface area contributed by atoms with Crippen LogP contribution in [0.5, 0.6) is 0 Å². The van der Waals surface area contributed by atoms with Crippen molar-refractivity contribution in [3.05, 3.63) is 22.7 Å². The Kier molecular flexibility index (Phi) is 1.77. The van der Waals surface area contributed by atoms with Gasteiger partial charge in [-0.25, -0.2) is 0 Å². The van der Waals surface area contributed by atoms with Gasteiger partial charge in [0.25, 0.3) is 0 Å². The molecule has 4 heteroatoms. The van der Waals surface area contributed by atoms with Crippen molar-refractivity contribution in [1.29, 1.82) is 0 Å². The molecule has 0 saturated heterocycles. The second kappa shape index (κ2) is 2.98. The van der Waals surface area contributed by atoms with E-state index in [9.17, 15) is 0 Å². The van der Waals surface area contributed by atoms with E-state index in [1.165, 1.54) is 11.4 Å². The molecular formula is C10H10BrN3. The molecule has 2 aliphatic heterocycles. The Hall–Kier alpha value is -1.03. The first-order valence-electron chi connectivity index (χ1n) is 4.69. The SMILES string of the molecule is Brc1cccc2c1NCC1=NCCN12. The van der Waals surface area contributed by atoms with E-state index in [0.29, 0.717) is 0 Å². The van der Waals surface area contributed by atoms with E-state index in [1.54, 1.807) is 0 Å². The van der Waals surface area contributed by atoms with Crippen LogP contribution >= 0.6 is 15.9 Å². The number of aliphatic imine (C=N–C) groups is 1. The van der Waals surface area contributed by atoms with Gasteiger partial charge in [-0.05, 0) is 28.1 Å². The fourth-order valence-corrected chi connectivity index (χ4v) is 2.48. The molecule has 2 aliphatic rings. The first-order chi connectivity index (χ1) is 6.86. The minimum atomic E-state index is 0.843. The normalized spacial score (nSPS) is 18.4. The van der Waals surface area contributed by atoms with Gasteiger partial charge in [-0.3, -0.25) is 4.99 Å². The lowest BCUT2D eigenvalue weighted by Gasteiger charge is -2.29. The van der Waals surface area contributed by atoms with Crippen LogP contribution in [-0.4, -0.2) is 25.5 Å². The Morgan fingerprint density at radius 1 is 1.43 bits per heavy atom. The first kappa shape index (κ1) is 8.29. The third-order valence-electron chi connectivity index (χ3n) is 2.64. The van der Waals surface area contributed by atoms with Crippen LogP contribution in [0.25, 0.3) is 0 Å². The van der Waals surface area contributed by atoms with E-state index in [0.717, 1.165) is 29.9 Å². The summed E-state index contributed by atoms with van der Waals surface area (Å²) in [6, 6.07) is 6.25. The van der Waals surface area contributed by atoms with E-state index in [1.807, 2.05) is 0 Å². The van der Waals surface area contributed by atoms with Crippen molar-refractivity contribution in [3.63, 3.8) is 0 Å². The molecule has 0 aromatic heterocycles. The third-order valence-corrected chi connectivity index (χ3v) is 3.30. The summed E-state index contributed by atoms with van der Waals surface area (Å²) >= 11 is 3.55. The molecule has 0 fully saturated rings. The van der Waals surface area contributed by atoms with Crippen LogP contribution < -0.4 is 10.2 Å². The molecule has 72 valence electrons. The maximum absolute atomic E-state index is 4.45. The summed E-state index contributed by atoms with van der Waals surface area (Å²) < 4.78 is 1.13. The number of amidine groups is 1. The second-order valence-electron chi connectivity index (χ2n) is 3.44. The number of rotatable bonds is 0. The second-order valence-corrected chi connectivity index (χ2v) is 4.29. The fraction of sp³-hybridized carbons (Fsp3) is 0.300. The number of para-hydroxylation sites is 1. The molecule has 0 radical (unpaired) electrons. The molecule has 1 N–H and O–H groups in total. The van der Waals surface area contributed by atoms with Crippen molar-refractivity contribution in [2.75, 3.05) is 29.9 Å². The van der Waals surface area contributed by atoms with Gasteiger partial charge in [0.1, 0.15) is 5.84 Å². The minimum Gasteiger partial charge on any atom is -0.375 e. The van der Waals surface area contributed by atoms with Crippen LogP contribution in [0.3, 0.4) is 0 Å². The number of nitrogens with zero attached hydrogens (tertiary/aromatic N) is 2. The van der Waals surface area contributed by atoms with Crippen LogP contribution in [0.1, 0.15) is 0 Å². The van der Waals surface area contributed by atoms with Crippen molar-refractivity contribution in [2.24, 2.45) is 4.99 Å². The number of halogens is 1. The molecule has 0 spiro atoms. The number of nitrogens with one attached hydrogen (secondary N) is 1. The first-order valence-corrected chi connectivity index (χ1v) is 5.49. The zero-order chi connectivity index (χ0) is 9.54. The molecule has 0 bridgehead atoms. The maximum atomic E-state index is 4.45. The number of hydrogen-bond donors (Lipinski definition) is 1. The Bertz CT molecular complexity index is 414. The molecule has 14 heavy (non-hydrogen) atoms. The molecule has 0 aliphatic carbocycles. The molecule has 1 aromatic carbocycles. The molecule has 3 nitrogen and oxygen atoms in total.